The zero-order valence-corrected chi connectivity index (χ0v) is 13.2. The van der Waals surface area contributed by atoms with E-state index in [0.717, 1.165) is 4.47 Å². The minimum atomic E-state index is -0.501. The SMILES string of the molecule is O=C1/C(=N\O)c2cc(Br)ccc2N1Cc1ccccc1[N+](=O)[O-]. The Morgan fingerprint density at radius 3 is 2.70 bits per heavy atom. The topological polar surface area (TPSA) is 96.0 Å². The summed E-state index contributed by atoms with van der Waals surface area (Å²) in [5.74, 6) is -0.501. The van der Waals surface area contributed by atoms with Crippen LogP contribution in [-0.4, -0.2) is 21.7 Å². The largest absolute Gasteiger partial charge is 0.410 e. The Morgan fingerprint density at radius 1 is 1.26 bits per heavy atom. The summed E-state index contributed by atoms with van der Waals surface area (Å²) in [6, 6.07) is 11.3. The predicted molar refractivity (Wildman–Crippen MR) is 86.8 cm³/mol. The number of fused-ring (bicyclic) bond motifs is 1. The minimum absolute atomic E-state index is 0.0175. The van der Waals surface area contributed by atoms with Gasteiger partial charge in [-0.1, -0.05) is 39.3 Å². The van der Waals surface area contributed by atoms with Gasteiger partial charge in [-0.2, -0.15) is 0 Å². The molecule has 0 bridgehead atoms. The molecule has 0 radical (unpaired) electrons. The highest BCUT2D eigenvalue weighted by molar-refractivity contribution is 9.10. The molecule has 7 nitrogen and oxygen atoms in total. The van der Waals surface area contributed by atoms with E-state index in [1.165, 1.54) is 11.0 Å². The van der Waals surface area contributed by atoms with E-state index in [1.54, 1.807) is 36.4 Å². The van der Waals surface area contributed by atoms with Crippen LogP contribution in [0.5, 0.6) is 0 Å². The van der Waals surface area contributed by atoms with Gasteiger partial charge in [-0.25, -0.2) is 0 Å². The summed E-state index contributed by atoms with van der Waals surface area (Å²) in [4.78, 5) is 24.4. The molecule has 0 saturated carbocycles. The van der Waals surface area contributed by atoms with Gasteiger partial charge in [-0.05, 0) is 18.2 Å². The number of amides is 1. The van der Waals surface area contributed by atoms with Crippen molar-refractivity contribution in [3.05, 3.63) is 68.2 Å². The van der Waals surface area contributed by atoms with Crippen LogP contribution in [0, 0.1) is 10.1 Å². The number of halogens is 1. The molecular weight excluding hydrogens is 366 g/mol. The molecule has 0 atom stereocenters. The van der Waals surface area contributed by atoms with E-state index in [0.29, 0.717) is 16.8 Å². The van der Waals surface area contributed by atoms with Gasteiger partial charge in [0.1, 0.15) is 0 Å². The molecule has 8 heteroatoms. The third kappa shape index (κ3) is 2.57. The zero-order chi connectivity index (χ0) is 16.6. The van der Waals surface area contributed by atoms with Gasteiger partial charge in [0.25, 0.3) is 11.6 Å². The number of nitrogens with zero attached hydrogens (tertiary/aromatic N) is 3. The third-order valence-corrected chi connectivity index (χ3v) is 4.06. The standard InChI is InChI=1S/C15H10BrN3O4/c16-10-5-6-13-11(7-10)14(17-21)15(20)18(13)8-9-3-1-2-4-12(9)19(22)23/h1-7,21H,8H2/b17-14-. The maximum absolute atomic E-state index is 12.4. The molecule has 3 rings (SSSR count). The van der Waals surface area contributed by atoms with Gasteiger partial charge in [0.2, 0.25) is 0 Å². The molecule has 116 valence electrons. The number of rotatable bonds is 3. The van der Waals surface area contributed by atoms with Crippen LogP contribution in [0.2, 0.25) is 0 Å². The summed E-state index contributed by atoms with van der Waals surface area (Å²) in [6.45, 7) is 0.0175. The lowest BCUT2D eigenvalue weighted by molar-refractivity contribution is -0.385. The summed E-state index contributed by atoms with van der Waals surface area (Å²) in [6.07, 6.45) is 0. The number of hydrogen-bond acceptors (Lipinski definition) is 5. The molecular formula is C15H10BrN3O4. The molecule has 0 aliphatic carbocycles. The summed E-state index contributed by atoms with van der Waals surface area (Å²) in [5.41, 5.74) is 1.28. The van der Waals surface area contributed by atoms with E-state index in [1.807, 2.05) is 0 Å². The van der Waals surface area contributed by atoms with Crippen molar-refractivity contribution in [1.82, 2.24) is 0 Å². The Balaban J connectivity index is 2.06. The van der Waals surface area contributed by atoms with E-state index in [-0.39, 0.29) is 17.9 Å². The van der Waals surface area contributed by atoms with Crippen LogP contribution in [0.4, 0.5) is 11.4 Å². The van der Waals surface area contributed by atoms with Crippen molar-refractivity contribution in [3.8, 4) is 0 Å². The second-order valence-corrected chi connectivity index (χ2v) is 5.80. The predicted octanol–water partition coefficient (Wildman–Crippen LogP) is 3.08. The molecule has 2 aromatic carbocycles. The lowest BCUT2D eigenvalue weighted by Crippen LogP contribution is -2.29. The van der Waals surface area contributed by atoms with Crippen LogP contribution >= 0.6 is 15.9 Å². The first-order valence-corrected chi connectivity index (χ1v) is 7.38. The first-order valence-electron chi connectivity index (χ1n) is 6.59. The molecule has 0 aromatic heterocycles. The fourth-order valence-corrected chi connectivity index (χ4v) is 2.89. The van der Waals surface area contributed by atoms with Gasteiger partial charge in [-0.15, -0.1) is 0 Å². The summed E-state index contributed by atoms with van der Waals surface area (Å²) in [5, 5.41) is 23.3. The molecule has 0 saturated heterocycles. The Morgan fingerprint density at radius 2 is 2.00 bits per heavy atom. The van der Waals surface area contributed by atoms with Crippen molar-refractivity contribution in [1.29, 1.82) is 0 Å². The van der Waals surface area contributed by atoms with Crippen molar-refractivity contribution < 1.29 is 14.9 Å². The molecule has 0 fully saturated rings. The number of oxime groups is 1. The highest BCUT2D eigenvalue weighted by Crippen LogP contribution is 2.34. The van der Waals surface area contributed by atoms with Crippen molar-refractivity contribution in [2.75, 3.05) is 4.90 Å². The van der Waals surface area contributed by atoms with E-state index in [2.05, 4.69) is 21.1 Å². The third-order valence-electron chi connectivity index (χ3n) is 3.57. The van der Waals surface area contributed by atoms with Crippen molar-refractivity contribution in [3.63, 3.8) is 0 Å². The maximum Gasteiger partial charge on any atom is 0.281 e. The number of anilines is 1. The quantitative estimate of drug-likeness (QED) is 0.506. The summed E-state index contributed by atoms with van der Waals surface area (Å²) < 4.78 is 0.734. The van der Waals surface area contributed by atoms with Gasteiger partial charge < -0.3 is 10.1 Å². The molecule has 0 spiro atoms. The Kier molecular flexibility index (Phi) is 3.83. The monoisotopic (exact) mass is 375 g/mol. The number of nitro groups is 1. The fraction of sp³-hybridized carbons (Fsp3) is 0.0667. The van der Waals surface area contributed by atoms with E-state index >= 15 is 0 Å². The van der Waals surface area contributed by atoms with Crippen LogP contribution < -0.4 is 4.90 Å². The van der Waals surface area contributed by atoms with E-state index in [4.69, 9.17) is 5.21 Å². The molecule has 2 aromatic rings. The van der Waals surface area contributed by atoms with Gasteiger partial charge in [0.15, 0.2) is 5.71 Å². The normalized spacial score (nSPS) is 15.1. The number of carbonyl (C=O) groups is 1. The van der Waals surface area contributed by atoms with Crippen LogP contribution in [0.15, 0.2) is 52.1 Å². The maximum atomic E-state index is 12.4. The highest BCUT2D eigenvalue weighted by Gasteiger charge is 2.35. The number of para-hydroxylation sites is 1. The number of benzene rings is 2. The Hall–Kier alpha value is -2.74. The van der Waals surface area contributed by atoms with Gasteiger partial charge in [-0.3, -0.25) is 14.9 Å². The molecule has 1 aliphatic heterocycles. The number of hydrogen-bond donors (Lipinski definition) is 1. The summed E-state index contributed by atoms with van der Waals surface area (Å²) in [7, 11) is 0. The molecule has 0 unspecified atom stereocenters. The molecule has 1 heterocycles. The second-order valence-electron chi connectivity index (χ2n) is 4.89. The van der Waals surface area contributed by atoms with Crippen molar-refractivity contribution in [2.24, 2.45) is 5.16 Å². The van der Waals surface area contributed by atoms with Crippen LogP contribution in [0.1, 0.15) is 11.1 Å². The Bertz CT molecular complexity index is 850. The molecule has 1 N–H and O–H groups in total. The summed E-state index contributed by atoms with van der Waals surface area (Å²) >= 11 is 3.30. The second kappa shape index (κ2) is 5.81. The van der Waals surface area contributed by atoms with Gasteiger partial charge >= 0.3 is 0 Å². The van der Waals surface area contributed by atoms with Crippen LogP contribution in [0.25, 0.3) is 0 Å². The van der Waals surface area contributed by atoms with Crippen LogP contribution in [0.3, 0.4) is 0 Å². The van der Waals surface area contributed by atoms with Gasteiger partial charge in [0.05, 0.1) is 17.2 Å². The first-order chi connectivity index (χ1) is 11.0. The van der Waals surface area contributed by atoms with Crippen molar-refractivity contribution >= 4 is 38.9 Å². The lowest BCUT2D eigenvalue weighted by atomic mass is 10.1. The average molecular weight is 376 g/mol. The zero-order valence-electron chi connectivity index (χ0n) is 11.6. The molecule has 1 aliphatic rings. The average Bonchev–Trinajstić information content (AvgIpc) is 2.78. The number of carbonyl (C=O) groups excluding carboxylic acids is 1. The van der Waals surface area contributed by atoms with E-state index < -0.39 is 10.8 Å². The van der Waals surface area contributed by atoms with E-state index in [9.17, 15) is 14.9 Å². The highest BCUT2D eigenvalue weighted by atomic mass is 79.9. The van der Waals surface area contributed by atoms with Crippen LogP contribution in [-0.2, 0) is 11.3 Å². The number of nitro benzene ring substituents is 1. The first kappa shape index (κ1) is 15.2. The van der Waals surface area contributed by atoms with Crippen molar-refractivity contribution in [2.45, 2.75) is 6.54 Å². The minimum Gasteiger partial charge on any atom is -0.410 e. The lowest BCUT2D eigenvalue weighted by Gasteiger charge is -2.16. The Labute approximate surface area is 139 Å². The van der Waals surface area contributed by atoms with Gasteiger partial charge in [0, 0.05) is 21.7 Å². The molecule has 1 amide bonds. The smallest absolute Gasteiger partial charge is 0.281 e. The fourth-order valence-electron chi connectivity index (χ4n) is 2.53. The molecule has 23 heavy (non-hydrogen) atoms.